The van der Waals surface area contributed by atoms with Gasteiger partial charge in [0.25, 0.3) is 0 Å². The Morgan fingerprint density at radius 1 is 0.562 bits per heavy atom. The van der Waals surface area contributed by atoms with E-state index >= 15 is 0 Å². The lowest BCUT2D eigenvalue weighted by Crippen LogP contribution is -2.22. The minimum Gasteiger partial charge on any atom is -0.381 e. The van der Waals surface area contributed by atoms with Crippen LogP contribution in [0.4, 0.5) is 0 Å². The van der Waals surface area contributed by atoms with Gasteiger partial charge in [0.1, 0.15) is 0 Å². The van der Waals surface area contributed by atoms with E-state index in [0.717, 1.165) is 52.1 Å². The van der Waals surface area contributed by atoms with Crippen LogP contribution in [0.1, 0.15) is 53.4 Å². The van der Waals surface area contributed by atoms with Gasteiger partial charge in [-0.15, -0.1) is 0 Å². The maximum absolute atomic E-state index is 5.74. The van der Waals surface area contributed by atoms with E-state index in [2.05, 4.69) is 27.7 Å². The van der Waals surface area contributed by atoms with Crippen LogP contribution in [0.25, 0.3) is 0 Å². The van der Waals surface area contributed by atoms with Gasteiger partial charge in [-0.25, -0.2) is 0 Å². The topological polar surface area (TPSA) is 18.5 Å². The zero-order valence-electron chi connectivity index (χ0n) is 11.5. The second-order valence-corrected chi connectivity index (χ2v) is 6.55. The molecule has 0 bridgehead atoms. The van der Waals surface area contributed by atoms with Crippen LogP contribution in [-0.2, 0) is 9.47 Å². The minimum atomic E-state index is 0.356. The second kappa shape index (κ2) is 6.02. The average molecular weight is 228 g/mol. The molecule has 96 valence electrons. The molecule has 0 spiro atoms. The summed E-state index contributed by atoms with van der Waals surface area (Å²) in [7, 11) is 0. The van der Waals surface area contributed by atoms with Crippen LogP contribution in [0.2, 0.25) is 0 Å². The van der Waals surface area contributed by atoms with Crippen molar-refractivity contribution in [2.24, 2.45) is 10.8 Å². The van der Waals surface area contributed by atoms with Gasteiger partial charge >= 0.3 is 0 Å². The van der Waals surface area contributed by atoms with E-state index in [1.807, 2.05) is 0 Å². The van der Waals surface area contributed by atoms with Crippen LogP contribution < -0.4 is 0 Å². The molecule has 0 N–H and O–H groups in total. The Kier molecular flexibility index (Phi) is 5.26. The molecule has 16 heavy (non-hydrogen) atoms. The fraction of sp³-hybridized carbons (Fsp3) is 1.00. The first-order chi connectivity index (χ1) is 7.41. The molecule has 1 aliphatic heterocycles. The van der Waals surface area contributed by atoms with E-state index in [4.69, 9.17) is 9.47 Å². The molecule has 2 heteroatoms. The summed E-state index contributed by atoms with van der Waals surface area (Å²) >= 11 is 0. The first-order valence-corrected chi connectivity index (χ1v) is 6.57. The molecule has 0 aromatic carbocycles. The summed E-state index contributed by atoms with van der Waals surface area (Å²) < 4.78 is 11.5. The van der Waals surface area contributed by atoms with E-state index < -0.39 is 0 Å². The molecule has 1 rings (SSSR count). The summed E-state index contributed by atoms with van der Waals surface area (Å²) in [6.07, 6.45) is 4.54. The quantitative estimate of drug-likeness (QED) is 0.630. The SMILES string of the molecule is CC1(C)CCOCCC(C)(C)CCOCC1. The molecule has 0 unspecified atom stereocenters. The van der Waals surface area contributed by atoms with Gasteiger partial charge in [-0.05, 0) is 36.5 Å². The van der Waals surface area contributed by atoms with Gasteiger partial charge in [-0.1, -0.05) is 27.7 Å². The highest BCUT2D eigenvalue weighted by atomic mass is 16.5. The van der Waals surface area contributed by atoms with E-state index in [1.54, 1.807) is 0 Å². The third-order valence-corrected chi connectivity index (χ3v) is 3.69. The van der Waals surface area contributed by atoms with Crippen molar-refractivity contribution in [3.63, 3.8) is 0 Å². The van der Waals surface area contributed by atoms with Crippen molar-refractivity contribution in [3.05, 3.63) is 0 Å². The summed E-state index contributed by atoms with van der Waals surface area (Å²) in [6.45, 7) is 12.8. The van der Waals surface area contributed by atoms with Crippen LogP contribution in [0, 0.1) is 10.8 Å². The van der Waals surface area contributed by atoms with Crippen molar-refractivity contribution in [3.8, 4) is 0 Å². The fourth-order valence-corrected chi connectivity index (χ4v) is 1.85. The molecule has 1 saturated heterocycles. The van der Waals surface area contributed by atoms with Gasteiger partial charge in [0.15, 0.2) is 0 Å². The predicted octanol–water partition coefficient (Wildman–Crippen LogP) is 3.65. The largest absolute Gasteiger partial charge is 0.381 e. The normalized spacial score (nSPS) is 27.8. The Labute approximate surface area is 101 Å². The second-order valence-electron chi connectivity index (χ2n) is 6.55. The van der Waals surface area contributed by atoms with Crippen molar-refractivity contribution in [1.29, 1.82) is 0 Å². The lowest BCUT2D eigenvalue weighted by atomic mass is 9.85. The van der Waals surface area contributed by atoms with E-state index in [-0.39, 0.29) is 0 Å². The van der Waals surface area contributed by atoms with Crippen LogP contribution in [-0.4, -0.2) is 26.4 Å². The molecule has 0 aliphatic carbocycles. The molecule has 0 atom stereocenters. The van der Waals surface area contributed by atoms with Crippen molar-refractivity contribution in [2.75, 3.05) is 26.4 Å². The fourth-order valence-electron chi connectivity index (χ4n) is 1.85. The smallest absolute Gasteiger partial charge is 0.0471 e. The van der Waals surface area contributed by atoms with Crippen molar-refractivity contribution < 1.29 is 9.47 Å². The van der Waals surface area contributed by atoms with Crippen molar-refractivity contribution >= 4 is 0 Å². The highest BCUT2D eigenvalue weighted by Crippen LogP contribution is 2.28. The third-order valence-electron chi connectivity index (χ3n) is 3.69. The summed E-state index contributed by atoms with van der Waals surface area (Å²) in [6, 6.07) is 0. The van der Waals surface area contributed by atoms with Gasteiger partial charge in [-0.3, -0.25) is 0 Å². The Morgan fingerprint density at radius 3 is 1.06 bits per heavy atom. The Hall–Kier alpha value is -0.0800. The molecule has 2 nitrogen and oxygen atoms in total. The lowest BCUT2D eigenvalue weighted by molar-refractivity contribution is 0.0329. The number of hydrogen-bond acceptors (Lipinski definition) is 2. The highest BCUT2D eigenvalue weighted by Gasteiger charge is 2.21. The van der Waals surface area contributed by atoms with Crippen LogP contribution in [0.15, 0.2) is 0 Å². The maximum atomic E-state index is 5.74. The van der Waals surface area contributed by atoms with Gasteiger partial charge < -0.3 is 9.47 Å². The Bertz CT molecular complexity index is 159. The van der Waals surface area contributed by atoms with E-state index in [9.17, 15) is 0 Å². The molecule has 0 saturated carbocycles. The molecule has 1 fully saturated rings. The predicted molar refractivity (Wildman–Crippen MR) is 67.7 cm³/mol. The molecule has 1 aliphatic rings. The standard InChI is InChI=1S/C14H28O2/c1-13(2)5-9-15-11-7-14(3,4)8-12-16-10-6-13/h5-12H2,1-4H3. The third kappa shape index (κ3) is 5.86. The zero-order chi connectivity index (χ0) is 12.1. The Morgan fingerprint density at radius 2 is 0.812 bits per heavy atom. The van der Waals surface area contributed by atoms with E-state index in [1.165, 1.54) is 0 Å². The lowest BCUT2D eigenvalue weighted by Gasteiger charge is -2.28. The van der Waals surface area contributed by atoms with Gasteiger partial charge in [-0.2, -0.15) is 0 Å². The molecule has 0 radical (unpaired) electrons. The number of hydrogen-bond donors (Lipinski definition) is 0. The molecule has 1 heterocycles. The Balaban J connectivity index is 2.39. The van der Waals surface area contributed by atoms with Crippen LogP contribution in [0.5, 0.6) is 0 Å². The van der Waals surface area contributed by atoms with Gasteiger partial charge in [0, 0.05) is 26.4 Å². The van der Waals surface area contributed by atoms with Gasteiger partial charge in [0.05, 0.1) is 0 Å². The summed E-state index contributed by atoms with van der Waals surface area (Å²) in [5, 5.41) is 0. The molecule has 0 aromatic heterocycles. The van der Waals surface area contributed by atoms with Crippen LogP contribution >= 0.6 is 0 Å². The average Bonchev–Trinajstić information content (AvgIpc) is 2.14. The maximum Gasteiger partial charge on any atom is 0.0471 e. The summed E-state index contributed by atoms with van der Waals surface area (Å²) in [4.78, 5) is 0. The highest BCUT2D eigenvalue weighted by molar-refractivity contribution is 4.71. The van der Waals surface area contributed by atoms with Crippen LogP contribution in [0.3, 0.4) is 0 Å². The molecular formula is C14H28O2. The molecule has 0 aromatic rings. The summed E-state index contributed by atoms with van der Waals surface area (Å²) in [5.41, 5.74) is 0.712. The van der Waals surface area contributed by atoms with E-state index in [0.29, 0.717) is 10.8 Å². The van der Waals surface area contributed by atoms with Crippen molar-refractivity contribution in [2.45, 2.75) is 53.4 Å². The number of rotatable bonds is 0. The summed E-state index contributed by atoms with van der Waals surface area (Å²) in [5.74, 6) is 0. The zero-order valence-corrected chi connectivity index (χ0v) is 11.5. The number of ether oxygens (including phenoxy) is 2. The first kappa shape index (κ1) is 14.0. The monoisotopic (exact) mass is 228 g/mol. The minimum absolute atomic E-state index is 0.356. The van der Waals surface area contributed by atoms with Crippen molar-refractivity contribution in [1.82, 2.24) is 0 Å². The molecule has 0 amide bonds. The first-order valence-electron chi connectivity index (χ1n) is 6.57. The molecular weight excluding hydrogens is 200 g/mol. The van der Waals surface area contributed by atoms with Gasteiger partial charge in [0.2, 0.25) is 0 Å².